The van der Waals surface area contributed by atoms with Gasteiger partial charge in [-0.15, -0.1) is 0 Å². The van der Waals surface area contributed by atoms with E-state index in [1.54, 1.807) is 12.1 Å². The number of nitrogens with zero attached hydrogens (tertiary/aromatic N) is 1. The van der Waals surface area contributed by atoms with Crippen molar-refractivity contribution in [3.63, 3.8) is 0 Å². The molecule has 0 amide bonds. The molecule has 0 saturated carbocycles. The summed E-state index contributed by atoms with van der Waals surface area (Å²) in [6.45, 7) is 4.39. The summed E-state index contributed by atoms with van der Waals surface area (Å²) < 4.78 is 0. The van der Waals surface area contributed by atoms with Gasteiger partial charge in [-0.05, 0) is 36.2 Å². The minimum absolute atomic E-state index is 0.103. The van der Waals surface area contributed by atoms with Gasteiger partial charge in [0, 0.05) is 13.1 Å². The van der Waals surface area contributed by atoms with E-state index in [0.717, 1.165) is 24.1 Å². The number of unbranched alkanes of at least 4 members (excludes halogenated alkanes) is 7. The predicted octanol–water partition coefficient (Wildman–Crippen LogP) is 7.55. The number of aromatic hydroxyl groups is 2. The van der Waals surface area contributed by atoms with Gasteiger partial charge in [0.15, 0.2) is 0 Å². The van der Waals surface area contributed by atoms with Crippen LogP contribution in [0.4, 0.5) is 0 Å². The van der Waals surface area contributed by atoms with Crippen molar-refractivity contribution in [3.8, 4) is 11.5 Å². The lowest BCUT2D eigenvalue weighted by Gasteiger charge is -2.24. The summed E-state index contributed by atoms with van der Waals surface area (Å²) in [5, 5.41) is 20.6. The van der Waals surface area contributed by atoms with Crippen LogP contribution < -0.4 is 0 Å². The molecular formula is C24H33Cl2NO2. The maximum absolute atomic E-state index is 9.91. The van der Waals surface area contributed by atoms with Gasteiger partial charge in [0.2, 0.25) is 0 Å². The molecule has 0 radical (unpaired) electrons. The van der Waals surface area contributed by atoms with E-state index < -0.39 is 0 Å². The molecule has 0 bridgehead atoms. The molecule has 160 valence electrons. The standard InChI is InChI=1S/C24H33Cl2NO2/c1-2-3-4-5-6-7-8-9-16-27(17-19-12-10-14-21(28)23(19)25)18-20-13-11-15-22(29)24(20)26/h10-15,28-29H,2-9,16-18H2,1H3. The van der Waals surface area contributed by atoms with Crippen LogP contribution >= 0.6 is 23.2 Å². The van der Waals surface area contributed by atoms with Crippen molar-refractivity contribution < 1.29 is 10.2 Å². The zero-order valence-electron chi connectivity index (χ0n) is 17.3. The van der Waals surface area contributed by atoms with Gasteiger partial charge >= 0.3 is 0 Å². The van der Waals surface area contributed by atoms with Crippen LogP contribution in [0.1, 0.15) is 69.4 Å². The highest BCUT2D eigenvalue weighted by Gasteiger charge is 2.14. The first-order valence-corrected chi connectivity index (χ1v) is 11.4. The summed E-state index contributed by atoms with van der Waals surface area (Å²) in [7, 11) is 0. The SMILES string of the molecule is CCCCCCCCCCN(Cc1cccc(O)c1Cl)Cc1cccc(O)c1Cl. The molecule has 29 heavy (non-hydrogen) atoms. The van der Waals surface area contributed by atoms with Crippen LogP contribution in [-0.4, -0.2) is 21.7 Å². The van der Waals surface area contributed by atoms with E-state index in [4.69, 9.17) is 23.2 Å². The van der Waals surface area contributed by atoms with E-state index >= 15 is 0 Å². The van der Waals surface area contributed by atoms with Crippen LogP contribution in [0.25, 0.3) is 0 Å². The van der Waals surface area contributed by atoms with Crippen molar-refractivity contribution >= 4 is 23.2 Å². The normalized spacial score (nSPS) is 11.3. The third-order valence-electron chi connectivity index (χ3n) is 5.23. The minimum atomic E-state index is 0.103. The average molecular weight is 438 g/mol. The Kier molecular flexibility index (Phi) is 10.7. The number of hydrogen-bond acceptors (Lipinski definition) is 3. The van der Waals surface area contributed by atoms with Crippen LogP contribution in [0.15, 0.2) is 36.4 Å². The Morgan fingerprint density at radius 3 is 1.62 bits per heavy atom. The molecule has 2 aromatic rings. The zero-order valence-corrected chi connectivity index (χ0v) is 18.9. The van der Waals surface area contributed by atoms with E-state index in [9.17, 15) is 10.2 Å². The van der Waals surface area contributed by atoms with Gasteiger partial charge in [0.25, 0.3) is 0 Å². The van der Waals surface area contributed by atoms with Crippen LogP contribution in [-0.2, 0) is 13.1 Å². The van der Waals surface area contributed by atoms with Crippen LogP contribution in [0, 0.1) is 0 Å². The molecule has 0 unspecified atom stereocenters. The molecule has 0 aliphatic carbocycles. The molecule has 2 N–H and O–H groups in total. The Bertz CT molecular complexity index is 698. The molecule has 0 aliphatic rings. The van der Waals surface area contributed by atoms with Gasteiger partial charge in [-0.1, -0.05) is 99.3 Å². The first-order valence-electron chi connectivity index (χ1n) is 10.7. The molecule has 2 aromatic carbocycles. The van der Waals surface area contributed by atoms with Gasteiger partial charge in [-0.3, -0.25) is 4.90 Å². The second-order valence-electron chi connectivity index (χ2n) is 7.69. The molecule has 0 atom stereocenters. The monoisotopic (exact) mass is 437 g/mol. The summed E-state index contributed by atoms with van der Waals surface area (Å²) >= 11 is 12.6. The lowest BCUT2D eigenvalue weighted by molar-refractivity contribution is 0.249. The number of halogens is 2. The molecule has 0 saturated heterocycles. The summed E-state index contributed by atoms with van der Waals surface area (Å²) in [6, 6.07) is 10.7. The highest BCUT2D eigenvalue weighted by Crippen LogP contribution is 2.30. The molecule has 0 aliphatic heterocycles. The van der Waals surface area contributed by atoms with E-state index in [1.165, 1.54) is 44.9 Å². The fourth-order valence-electron chi connectivity index (χ4n) is 3.54. The summed E-state index contributed by atoms with van der Waals surface area (Å²) in [5.74, 6) is 0.207. The van der Waals surface area contributed by atoms with Crippen molar-refractivity contribution in [2.45, 2.75) is 71.4 Å². The molecule has 0 aromatic heterocycles. The van der Waals surface area contributed by atoms with E-state index in [2.05, 4.69) is 11.8 Å². The van der Waals surface area contributed by atoms with Gasteiger partial charge in [0.05, 0.1) is 10.0 Å². The highest BCUT2D eigenvalue weighted by atomic mass is 35.5. The Labute approximate surface area is 185 Å². The number of phenolic OH excluding ortho intramolecular Hbond substituents is 2. The number of hydrogen-bond donors (Lipinski definition) is 2. The Hall–Kier alpha value is -1.42. The van der Waals surface area contributed by atoms with Crippen molar-refractivity contribution in [1.82, 2.24) is 4.90 Å². The van der Waals surface area contributed by atoms with Crippen molar-refractivity contribution in [1.29, 1.82) is 0 Å². The van der Waals surface area contributed by atoms with Crippen LogP contribution in [0.3, 0.4) is 0 Å². The predicted molar refractivity (Wildman–Crippen MR) is 123 cm³/mol. The lowest BCUT2D eigenvalue weighted by atomic mass is 10.1. The molecular weight excluding hydrogens is 405 g/mol. The highest BCUT2D eigenvalue weighted by molar-refractivity contribution is 6.33. The van der Waals surface area contributed by atoms with Crippen molar-refractivity contribution in [2.24, 2.45) is 0 Å². The molecule has 3 nitrogen and oxygen atoms in total. The van der Waals surface area contributed by atoms with Gasteiger partial charge < -0.3 is 10.2 Å². The first kappa shape index (κ1) is 23.9. The van der Waals surface area contributed by atoms with Gasteiger partial charge in [-0.2, -0.15) is 0 Å². The topological polar surface area (TPSA) is 43.7 Å². The fourth-order valence-corrected chi connectivity index (χ4v) is 3.91. The van der Waals surface area contributed by atoms with E-state index in [1.807, 2.05) is 24.3 Å². The molecule has 5 heteroatoms. The summed E-state index contributed by atoms with van der Waals surface area (Å²) in [6.07, 6.45) is 10.1. The second-order valence-corrected chi connectivity index (χ2v) is 8.44. The van der Waals surface area contributed by atoms with Gasteiger partial charge in [-0.25, -0.2) is 0 Å². The Balaban J connectivity index is 1.95. The quantitative estimate of drug-likeness (QED) is 0.317. The minimum Gasteiger partial charge on any atom is -0.506 e. The number of rotatable bonds is 13. The summed E-state index contributed by atoms with van der Waals surface area (Å²) in [5.41, 5.74) is 1.78. The number of benzene rings is 2. The fraction of sp³-hybridized carbons (Fsp3) is 0.500. The molecule has 2 rings (SSSR count). The molecule has 0 spiro atoms. The van der Waals surface area contributed by atoms with E-state index in [0.29, 0.717) is 23.1 Å². The maximum Gasteiger partial charge on any atom is 0.134 e. The Morgan fingerprint density at radius 1 is 0.690 bits per heavy atom. The van der Waals surface area contributed by atoms with Gasteiger partial charge in [0.1, 0.15) is 11.5 Å². The van der Waals surface area contributed by atoms with E-state index in [-0.39, 0.29) is 11.5 Å². The van der Waals surface area contributed by atoms with Crippen LogP contribution in [0.5, 0.6) is 11.5 Å². The lowest BCUT2D eigenvalue weighted by Crippen LogP contribution is -2.24. The third kappa shape index (κ3) is 8.08. The van der Waals surface area contributed by atoms with Crippen LogP contribution in [0.2, 0.25) is 10.0 Å². The third-order valence-corrected chi connectivity index (χ3v) is 6.11. The zero-order chi connectivity index (χ0) is 21.1. The maximum atomic E-state index is 9.91. The average Bonchev–Trinajstić information content (AvgIpc) is 2.70. The molecule has 0 fully saturated rings. The van der Waals surface area contributed by atoms with Crippen molar-refractivity contribution in [3.05, 3.63) is 57.6 Å². The smallest absolute Gasteiger partial charge is 0.134 e. The molecule has 0 heterocycles. The van der Waals surface area contributed by atoms with Crippen molar-refractivity contribution in [2.75, 3.05) is 6.54 Å². The summed E-state index contributed by atoms with van der Waals surface area (Å²) in [4.78, 5) is 2.28. The number of phenols is 2. The Morgan fingerprint density at radius 2 is 1.14 bits per heavy atom. The first-order chi connectivity index (χ1) is 14.0. The second kappa shape index (κ2) is 13.0. The largest absolute Gasteiger partial charge is 0.506 e.